The lowest BCUT2D eigenvalue weighted by Crippen LogP contribution is -2.31. The second-order valence-electron chi connectivity index (χ2n) is 6.88. The van der Waals surface area contributed by atoms with Crippen LogP contribution in [0.25, 0.3) is 0 Å². The molecule has 130 valence electrons. The molecule has 1 N–H and O–H groups in total. The van der Waals surface area contributed by atoms with E-state index in [0.717, 1.165) is 17.6 Å². The zero-order valence-electron chi connectivity index (χ0n) is 13.9. The Morgan fingerprint density at radius 2 is 2.04 bits per heavy atom. The molecule has 1 aliphatic carbocycles. The summed E-state index contributed by atoms with van der Waals surface area (Å²) in [5.74, 6) is 0.187. The lowest BCUT2D eigenvalue weighted by atomic mass is 9.75. The Hall–Kier alpha value is -1.82. The van der Waals surface area contributed by atoms with Crippen LogP contribution >= 0.6 is 0 Å². The maximum Gasteiger partial charge on any atom is 0.313 e. The van der Waals surface area contributed by atoms with Crippen LogP contribution in [0.4, 0.5) is 5.69 Å². The number of hydrogen-bond acceptors (Lipinski definition) is 4. The summed E-state index contributed by atoms with van der Waals surface area (Å²) in [7, 11) is -3.29. The minimum Gasteiger partial charge on any atom is -0.465 e. The number of fused-ring (bicyclic) bond motifs is 1. The molecule has 0 bridgehead atoms. The number of nitrogens with one attached hydrogen (secondary N) is 1. The van der Waals surface area contributed by atoms with Gasteiger partial charge in [-0.15, -0.1) is 0 Å². The number of cyclic esters (lactones) is 1. The monoisotopic (exact) mass is 349 g/mol. The zero-order chi connectivity index (χ0) is 17.4. The van der Waals surface area contributed by atoms with Crippen molar-refractivity contribution in [3.63, 3.8) is 0 Å². The van der Waals surface area contributed by atoms with Crippen LogP contribution in [0.3, 0.4) is 0 Å². The molecule has 5 nitrogen and oxygen atoms in total. The average Bonchev–Trinajstić information content (AvgIpc) is 2.96. The smallest absolute Gasteiger partial charge is 0.313 e. The largest absolute Gasteiger partial charge is 0.465 e. The fourth-order valence-electron chi connectivity index (χ4n) is 3.82. The second kappa shape index (κ2) is 6.24. The molecule has 2 fully saturated rings. The Bertz CT molecular complexity index is 754. The fraction of sp³-hybridized carbons (Fsp3) is 0.500. The van der Waals surface area contributed by atoms with Crippen molar-refractivity contribution in [3.8, 4) is 0 Å². The molecule has 0 amide bonds. The molecule has 1 aliphatic heterocycles. The molecule has 0 aromatic heterocycles. The van der Waals surface area contributed by atoms with Crippen molar-refractivity contribution in [2.24, 2.45) is 11.3 Å². The van der Waals surface area contributed by atoms with Gasteiger partial charge in [0.05, 0.1) is 17.8 Å². The van der Waals surface area contributed by atoms with Gasteiger partial charge < -0.3 is 4.74 Å². The quantitative estimate of drug-likeness (QED) is 0.633. The van der Waals surface area contributed by atoms with Crippen LogP contribution in [-0.4, -0.2) is 26.7 Å². The van der Waals surface area contributed by atoms with E-state index in [9.17, 15) is 13.2 Å². The van der Waals surface area contributed by atoms with Gasteiger partial charge in [-0.2, -0.15) is 0 Å². The number of allylic oxidation sites excluding steroid dienone is 1. The van der Waals surface area contributed by atoms with Gasteiger partial charge in [-0.25, -0.2) is 8.42 Å². The minimum atomic E-state index is -3.29. The number of hydrogen-bond donors (Lipinski definition) is 1. The number of rotatable bonds is 6. The standard InChI is InChI=1S/C18H23NO4S/c1-3-8-24(21,22)19-16-6-4-14(5-7-16)11-18-10-13(2)9-15(18)12-23-17(18)20/h4-7,15,19H,2-3,8-12H2,1H3. The summed E-state index contributed by atoms with van der Waals surface area (Å²) in [5, 5.41) is 0. The fourth-order valence-corrected chi connectivity index (χ4v) is 4.95. The van der Waals surface area contributed by atoms with Crippen LogP contribution in [0.5, 0.6) is 0 Å². The molecule has 6 heteroatoms. The lowest BCUT2D eigenvalue weighted by molar-refractivity contribution is -0.146. The van der Waals surface area contributed by atoms with E-state index in [2.05, 4.69) is 11.3 Å². The summed E-state index contributed by atoms with van der Waals surface area (Å²) in [6.45, 7) is 6.35. The van der Waals surface area contributed by atoms with Gasteiger partial charge in [0.1, 0.15) is 0 Å². The Balaban J connectivity index is 1.75. The predicted molar refractivity (Wildman–Crippen MR) is 93.1 cm³/mol. The van der Waals surface area contributed by atoms with Crippen molar-refractivity contribution in [2.75, 3.05) is 17.1 Å². The maximum atomic E-state index is 12.3. The van der Waals surface area contributed by atoms with Gasteiger partial charge in [0, 0.05) is 11.6 Å². The Labute approximate surface area is 143 Å². The van der Waals surface area contributed by atoms with E-state index < -0.39 is 15.4 Å². The number of sulfonamides is 1. The molecule has 3 rings (SSSR count). The third-order valence-electron chi connectivity index (χ3n) is 4.92. The SMILES string of the molecule is C=C1CC2COC(=O)C2(Cc2ccc(NS(=O)(=O)CCC)cc2)C1. The minimum absolute atomic E-state index is 0.105. The normalized spacial score (nSPS) is 26.3. The van der Waals surface area contributed by atoms with Crippen LogP contribution < -0.4 is 4.72 Å². The molecule has 2 aliphatic rings. The summed E-state index contributed by atoms with van der Waals surface area (Å²) in [6.07, 6.45) is 2.71. The molecule has 2 unspecified atom stereocenters. The maximum absolute atomic E-state index is 12.3. The number of carbonyl (C=O) groups is 1. The molecular formula is C18H23NO4S. The number of carbonyl (C=O) groups excluding carboxylic acids is 1. The van der Waals surface area contributed by atoms with Crippen LogP contribution in [-0.2, 0) is 26.0 Å². The highest BCUT2D eigenvalue weighted by atomic mass is 32.2. The van der Waals surface area contributed by atoms with Crippen LogP contribution in [0.15, 0.2) is 36.4 Å². The highest BCUT2D eigenvalue weighted by molar-refractivity contribution is 7.92. The number of anilines is 1. The second-order valence-corrected chi connectivity index (χ2v) is 8.72. The zero-order valence-corrected chi connectivity index (χ0v) is 14.7. The van der Waals surface area contributed by atoms with Crippen molar-refractivity contribution >= 4 is 21.7 Å². The summed E-state index contributed by atoms with van der Waals surface area (Å²) in [4.78, 5) is 12.3. The first-order chi connectivity index (χ1) is 11.3. The van der Waals surface area contributed by atoms with Gasteiger partial charge in [-0.05, 0) is 43.4 Å². The molecule has 1 heterocycles. The van der Waals surface area contributed by atoms with Gasteiger partial charge in [-0.1, -0.05) is 31.2 Å². The molecule has 0 spiro atoms. The summed E-state index contributed by atoms with van der Waals surface area (Å²) < 4.78 is 31.5. The third kappa shape index (κ3) is 3.20. The number of ether oxygens (including phenoxy) is 1. The molecule has 1 aromatic rings. The summed E-state index contributed by atoms with van der Waals surface area (Å²) in [5.41, 5.74) is 2.18. The topological polar surface area (TPSA) is 72.5 Å². The molecule has 1 aromatic carbocycles. The van der Waals surface area contributed by atoms with Crippen LogP contribution in [0, 0.1) is 11.3 Å². The highest BCUT2D eigenvalue weighted by Gasteiger charge is 2.55. The Kier molecular flexibility index (Phi) is 4.42. The van der Waals surface area contributed by atoms with E-state index in [0.29, 0.717) is 31.6 Å². The molecule has 1 saturated heterocycles. The van der Waals surface area contributed by atoms with Crippen molar-refractivity contribution in [3.05, 3.63) is 42.0 Å². The van der Waals surface area contributed by atoms with E-state index in [1.807, 2.05) is 19.1 Å². The first-order valence-corrected chi connectivity index (χ1v) is 9.93. The van der Waals surface area contributed by atoms with E-state index in [4.69, 9.17) is 4.74 Å². The van der Waals surface area contributed by atoms with Crippen LogP contribution in [0.1, 0.15) is 31.7 Å². The summed E-state index contributed by atoms with van der Waals surface area (Å²) in [6, 6.07) is 7.25. The van der Waals surface area contributed by atoms with Crippen molar-refractivity contribution in [2.45, 2.75) is 32.6 Å². The highest BCUT2D eigenvalue weighted by Crippen LogP contribution is 2.52. The van der Waals surface area contributed by atoms with Gasteiger partial charge in [0.15, 0.2) is 0 Å². The predicted octanol–water partition coefficient (Wildman–Crippen LogP) is 2.89. The summed E-state index contributed by atoms with van der Waals surface area (Å²) >= 11 is 0. The van der Waals surface area contributed by atoms with Crippen molar-refractivity contribution in [1.82, 2.24) is 0 Å². The van der Waals surface area contributed by atoms with E-state index >= 15 is 0 Å². The van der Waals surface area contributed by atoms with Crippen molar-refractivity contribution in [1.29, 1.82) is 0 Å². The van der Waals surface area contributed by atoms with E-state index in [-0.39, 0.29) is 17.6 Å². The molecule has 1 saturated carbocycles. The van der Waals surface area contributed by atoms with Gasteiger partial charge >= 0.3 is 5.97 Å². The first-order valence-electron chi connectivity index (χ1n) is 8.28. The van der Waals surface area contributed by atoms with Crippen LogP contribution in [0.2, 0.25) is 0 Å². The van der Waals surface area contributed by atoms with E-state index in [1.165, 1.54) is 0 Å². The van der Waals surface area contributed by atoms with Gasteiger partial charge in [0.25, 0.3) is 0 Å². The Morgan fingerprint density at radius 1 is 1.33 bits per heavy atom. The van der Waals surface area contributed by atoms with Gasteiger partial charge in [0.2, 0.25) is 10.0 Å². The van der Waals surface area contributed by atoms with Crippen molar-refractivity contribution < 1.29 is 17.9 Å². The average molecular weight is 349 g/mol. The van der Waals surface area contributed by atoms with Gasteiger partial charge in [-0.3, -0.25) is 9.52 Å². The number of benzene rings is 1. The van der Waals surface area contributed by atoms with E-state index in [1.54, 1.807) is 12.1 Å². The molecular weight excluding hydrogens is 326 g/mol. The number of esters is 1. The Morgan fingerprint density at radius 3 is 2.71 bits per heavy atom. The molecule has 2 atom stereocenters. The lowest BCUT2D eigenvalue weighted by Gasteiger charge is -2.24. The third-order valence-corrected chi connectivity index (χ3v) is 6.42. The molecule has 0 radical (unpaired) electrons. The first kappa shape index (κ1) is 17.0. The molecule has 24 heavy (non-hydrogen) atoms.